The Morgan fingerprint density at radius 3 is 2.57 bits per heavy atom. The van der Waals surface area contributed by atoms with Crippen LogP contribution in [0.4, 0.5) is 4.79 Å². The Morgan fingerprint density at radius 2 is 1.95 bits per heavy atom. The maximum Gasteiger partial charge on any atom is 0.410 e. The van der Waals surface area contributed by atoms with E-state index in [0.29, 0.717) is 19.5 Å². The van der Waals surface area contributed by atoms with Gasteiger partial charge in [-0.2, -0.15) is 0 Å². The van der Waals surface area contributed by atoms with Gasteiger partial charge >= 0.3 is 12.1 Å². The van der Waals surface area contributed by atoms with Crippen LogP contribution < -0.4 is 0 Å². The monoisotopic (exact) mass is 299 g/mol. The van der Waals surface area contributed by atoms with E-state index >= 15 is 0 Å². The van der Waals surface area contributed by atoms with Gasteiger partial charge in [0.25, 0.3) is 0 Å². The third kappa shape index (κ3) is 4.09. The van der Waals surface area contributed by atoms with E-state index in [9.17, 15) is 9.59 Å². The van der Waals surface area contributed by atoms with Gasteiger partial charge in [0.05, 0.1) is 12.1 Å². The van der Waals surface area contributed by atoms with Crippen LogP contribution in [0.25, 0.3) is 0 Å². The topological polar surface area (TPSA) is 76.1 Å². The number of piperidine rings is 1. The number of amides is 1. The number of hydrogen-bond donors (Lipinski definition) is 1. The summed E-state index contributed by atoms with van der Waals surface area (Å²) in [5, 5.41) is 9.15. The van der Waals surface area contributed by atoms with E-state index in [1.807, 2.05) is 20.8 Å². The third-order valence-electron chi connectivity index (χ3n) is 3.96. The Morgan fingerprint density at radius 1 is 1.29 bits per heavy atom. The Balaban J connectivity index is 2.02. The fraction of sp³-hybridized carbons (Fsp3) is 0.867. The number of carboxylic acids is 1. The molecule has 120 valence electrons. The molecule has 6 nitrogen and oxygen atoms in total. The minimum absolute atomic E-state index is 0.345. The maximum atomic E-state index is 12.2. The van der Waals surface area contributed by atoms with Crippen molar-refractivity contribution in [2.45, 2.75) is 70.2 Å². The molecule has 2 aliphatic heterocycles. The van der Waals surface area contributed by atoms with Crippen molar-refractivity contribution in [3.8, 4) is 0 Å². The molecule has 1 spiro atoms. The molecule has 0 aromatic rings. The van der Waals surface area contributed by atoms with Gasteiger partial charge in [-0.15, -0.1) is 0 Å². The molecule has 1 N–H and O–H groups in total. The number of carbonyl (C=O) groups excluding carboxylic acids is 1. The average molecular weight is 299 g/mol. The summed E-state index contributed by atoms with van der Waals surface area (Å²) in [7, 11) is 0. The van der Waals surface area contributed by atoms with E-state index in [2.05, 4.69) is 0 Å². The number of aliphatic carboxylic acids is 1. The number of hydrogen-bond acceptors (Lipinski definition) is 4. The second-order valence-electron chi connectivity index (χ2n) is 7.03. The van der Waals surface area contributed by atoms with Crippen LogP contribution in [-0.4, -0.2) is 52.5 Å². The van der Waals surface area contributed by atoms with E-state index in [1.165, 1.54) is 0 Å². The molecular weight excluding hydrogens is 274 g/mol. The zero-order valence-corrected chi connectivity index (χ0v) is 13.1. The summed E-state index contributed by atoms with van der Waals surface area (Å²) < 4.78 is 11.2. The lowest BCUT2D eigenvalue weighted by atomic mass is 9.84. The van der Waals surface area contributed by atoms with Gasteiger partial charge in [0, 0.05) is 6.54 Å². The predicted molar refractivity (Wildman–Crippen MR) is 76.1 cm³/mol. The Kier molecular flexibility index (Phi) is 4.46. The van der Waals surface area contributed by atoms with Gasteiger partial charge in [-0.25, -0.2) is 9.59 Å². The van der Waals surface area contributed by atoms with Crippen molar-refractivity contribution < 1.29 is 24.2 Å². The van der Waals surface area contributed by atoms with Crippen molar-refractivity contribution in [2.75, 3.05) is 13.1 Å². The molecule has 0 saturated carbocycles. The number of nitrogens with zero attached hydrogens (tertiary/aromatic N) is 1. The number of ether oxygens (including phenoxy) is 2. The van der Waals surface area contributed by atoms with Crippen molar-refractivity contribution in [3.63, 3.8) is 0 Å². The molecule has 21 heavy (non-hydrogen) atoms. The van der Waals surface area contributed by atoms with Crippen molar-refractivity contribution >= 4 is 12.1 Å². The molecule has 0 radical (unpaired) electrons. The molecule has 1 amide bonds. The van der Waals surface area contributed by atoms with Gasteiger partial charge in [-0.05, 0) is 52.9 Å². The molecule has 2 unspecified atom stereocenters. The summed E-state index contributed by atoms with van der Waals surface area (Å²) in [5.74, 6) is -0.913. The van der Waals surface area contributed by atoms with Crippen LogP contribution in [0.3, 0.4) is 0 Å². The van der Waals surface area contributed by atoms with Crippen LogP contribution in [-0.2, 0) is 14.3 Å². The molecular formula is C15H25NO5. The van der Waals surface area contributed by atoms with Gasteiger partial charge in [-0.3, -0.25) is 0 Å². The Bertz CT molecular complexity index is 413. The highest BCUT2D eigenvalue weighted by atomic mass is 16.6. The smallest absolute Gasteiger partial charge is 0.410 e. The summed E-state index contributed by atoms with van der Waals surface area (Å²) >= 11 is 0. The number of carboxylic acid groups (broad SMARTS) is 1. The molecule has 2 heterocycles. The lowest BCUT2D eigenvalue weighted by molar-refractivity contribution is -0.184. The van der Waals surface area contributed by atoms with Gasteiger partial charge in [0.15, 0.2) is 6.10 Å². The standard InChI is InChI=1S/C15H25NO5/c1-14(2,3)21-13(19)16-9-5-8-15(10-16)7-4-6-11(20-15)12(17)18/h11H,4-10H2,1-3H3,(H,17,18). The van der Waals surface area contributed by atoms with E-state index in [1.54, 1.807) is 4.90 Å². The van der Waals surface area contributed by atoms with Crippen LogP contribution in [0.5, 0.6) is 0 Å². The largest absolute Gasteiger partial charge is 0.479 e. The van der Waals surface area contributed by atoms with Gasteiger partial charge < -0.3 is 19.5 Å². The molecule has 2 fully saturated rings. The number of rotatable bonds is 1. The molecule has 2 rings (SSSR count). The zero-order valence-electron chi connectivity index (χ0n) is 13.1. The first-order valence-electron chi connectivity index (χ1n) is 7.59. The molecule has 0 bridgehead atoms. The second kappa shape index (κ2) is 5.83. The molecule has 0 aromatic carbocycles. The normalized spacial score (nSPS) is 30.2. The number of likely N-dealkylation sites (tertiary alicyclic amines) is 1. The van der Waals surface area contributed by atoms with Crippen molar-refractivity contribution in [1.82, 2.24) is 4.90 Å². The molecule has 6 heteroatoms. The number of carbonyl (C=O) groups is 2. The van der Waals surface area contributed by atoms with Crippen molar-refractivity contribution in [2.24, 2.45) is 0 Å². The summed E-state index contributed by atoms with van der Waals surface area (Å²) in [4.78, 5) is 25.0. The summed E-state index contributed by atoms with van der Waals surface area (Å²) in [6, 6.07) is 0. The molecule has 0 aromatic heterocycles. The van der Waals surface area contributed by atoms with E-state index in [0.717, 1.165) is 25.7 Å². The van der Waals surface area contributed by atoms with Gasteiger partial charge in [-0.1, -0.05) is 0 Å². The van der Waals surface area contributed by atoms with Crippen molar-refractivity contribution in [3.05, 3.63) is 0 Å². The van der Waals surface area contributed by atoms with Gasteiger partial charge in [0.2, 0.25) is 0 Å². The highest BCUT2D eigenvalue weighted by Crippen LogP contribution is 2.36. The quantitative estimate of drug-likeness (QED) is 0.804. The Hall–Kier alpha value is -1.30. The first-order chi connectivity index (χ1) is 9.71. The Labute approximate surface area is 125 Å². The fourth-order valence-electron chi connectivity index (χ4n) is 3.08. The highest BCUT2D eigenvalue weighted by molar-refractivity contribution is 5.72. The van der Waals surface area contributed by atoms with Crippen LogP contribution in [0.15, 0.2) is 0 Å². The first-order valence-corrected chi connectivity index (χ1v) is 7.59. The lowest BCUT2D eigenvalue weighted by Gasteiger charge is -2.46. The molecule has 2 atom stereocenters. The fourth-order valence-corrected chi connectivity index (χ4v) is 3.08. The predicted octanol–water partition coefficient (Wildman–Crippen LogP) is 2.41. The minimum atomic E-state index is -0.913. The molecule has 2 saturated heterocycles. The van der Waals surface area contributed by atoms with E-state index < -0.39 is 23.3 Å². The second-order valence-corrected chi connectivity index (χ2v) is 7.03. The average Bonchev–Trinajstić information content (AvgIpc) is 2.37. The third-order valence-corrected chi connectivity index (χ3v) is 3.96. The zero-order chi connectivity index (χ0) is 15.7. The van der Waals surface area contributed by atoms with Crippen LogP contribution >= 0.6 is 0 Å². The van der Waals surface area contributed by atoms with Crippen LogP contribution in [0.1, 0.15) is 52.9 Å². The van der Waals surface area contributed by atoms with E-state index in [4.69, 9.17) is 14.6 Å². The molecule has 2 aliphatic rings. The van der Waals surface area contributed by atoms with Gasteiger partial charge in [0.1, 0.15) is 5.60 Å². The maximum absolute atomic E-state index is 12.2. The SMILES string of the molecule is CC(C)(C)OC(=O)N1CCCC2(CCCC(C(=O)O)O2)C1. The summed E-state index contributed by atoms with van der Waals surface area (Å²) in [6.45, 7) is 6.57. The first kappa shape index (κ1) is 16.1. The van der Waals surface area contributed by atoms with Crippen LogP contribution in [0.2, 0.25) is 0 Å². The lowest BCUT2D eigenvalue weighted by Crippen LogP contribution is -2.56. The summed E-state index contributed by atoms with van der Waals surface area (Å²) in [6.07, 6.45) is 2.68. The highest BCUT2D eigenvalue weighted by Gasteiger charge is 2.44. The van der Waals surface area contributed by atoms with Crippen molar-refractivity contribution in [1.29, 1.82) is 0 Å². The van der Waals surface area contributed by atoms with Crippen LogP contribution in [0, 0.1) is 0 Å². The summed E-state index contributed by atoms with van der Waals surface area (Å²) in [5.41, 5.74) is -1.05. The minimum Gasteiger partial charge on any atom is -0.479 e. The molecule has 0 aliphatic carbocycles. The van der Waals surface area contributed by atoms with E-state index in [-0.39, 0.29) is 6.09 Å².